The van der Waals surface area contributed by atoms with Crippen molar-refractivity contribution in [3.8, 4) is 5.75 Å². The van der Waals surface area contributed by atoms with Gasteiger partial charge in [-0.05, 0) is 37.1 Å². The van der Waals surface area contributed by atoms with Crippen LogP contribution in [-0.2, 0) is 16.0 Å². The quantitative estimate of drug-likeness (QED) is 0.853. The number of methoxy groups -OCH3 is 1. The van der Waals surface area contributed by atoms with E-state index in [2.05, 4.69) is 16.7 Å². The van der Waals surface area contributed by atoms with Gasteiger partial charge in [0, 0.05) is 19.0 Å². The van der Waals surface area contributed by atoms with E-state index in [1.165, 1.54) is 19.6 Å². The first-order valence-electron chi connectivity index (χ1n) is 7.79. The van der Waals surface area contributed by atoms with Gasteiger partial charge in [-0.1, -0.05) is 29.8 Å². The Morgan fingerprint density at radius 3 is 2.54 bits per heavy atom. The zero-order valence-corrected chi connectivity index (χ0v) is 14.2. The Kier molecular flexibility index (Phi) is 5.95. The van der Waals surface area contributed by atoms with Gasteiger partial charge in [-0.3, -0.25) is 9.59 Å². The van der Waals surface area contributed by atoms with Crippen molar-refractivity contribution in [3.63, 3.8) is 0 Å². The first-order chi connectivity index (χ1) is 11.5. The van der Waals surface area contributed by atoms with Crippen molar-refractivity contribution in [2.75, 3.05) is 17.7 Å². The van der Waals surface area contributed by atoms with Crippen LogP contribution in [0.4, 0.5) is 11.4 Å². The SMILES string of the molecule is COc1ccc(NC(=O)CCc2cccc(C)c2)cc1NC(C)=O. The highest BCUT2D eigenvalue weighted by atomic mass is 16.5. The lowest BCUT2D eigenvalue weighted by atomic mass is 10.1. The van der Waals surface area contributed by atoms with Crippen molar-refractivity contribution in [1.29, 1.82) is 0 Å². The molecule has 5 heteroatoms. The summed E-state index contributed by atoms with van der Waals surface area (Å²) < 4.78 is 5.20. The standard InChI is InChI=1S/C19H22N2O3/c1-13-5-4-6-15(11-13)7-10-19(23)21-16-8-9-18(24-3)17(12-16)20-14(2)22/h4-6,8-9,11-12H,7,10H2,1-3H3,(H,20,22)(H,21,23). The Labute approximate surface area is 142 Å². The summed E-state index contributed by atoms with van der Waals surface area (Å²) in [5.41, 5.74) is 3.47. The molecule has 0 spiro atoms. The predicted molar refractivity (Wildman–Crippen MR) is 95.4 cm³/mol. The van der Waals surface area contributed by atoms with Crippen LogP contribution in [0.3, 0.4) is 0 Å². The molecule has 0 aliphatic heterocycles. The second kappa shape index (κ2) is 8.15. The average molecular weight is 326 g/mol. The van der Waals surface area contributed by atoms with E-state index in [1.807, 2.05) is 25.1 Å². The van der Waals surface area contributed by atoms with E-state index in [1.54, 1.807) is 18.2 Å². The van der Waals surface area contributed by atoms with E-state index in [4.69, 9.17) is 4.74 Å². The van der Waals surface area contributed by atoms with Crippen LogP contribution in [0.15, 0.2) is 42.5 Å². The Hall–Kier alpha value is -2.82. The zero-order valence-electron chi connectivity index (χ0n) is 14.2. The van der Waals surface area contributed by atoms with Crippen LogP contribution in [0.2, 0.25) is 0 Å². The number of hydrogen-bond donors (Lipinski definition) is 2. The van der Waals surface area contributed by atoms with Crippen LogP contribution in [-0.4, -0.2) is 18.9 Å². The Morgan fingerprint density at radius 2 is 1.88 bits per heavy atom. The van der Waals surface area contributed by atoms with Crippen molar-refractivity contribution in [3.05, 3.63) is 53.6 Å². The van der Waals surface area contributed by atoms with E-state index in [9.17, 15) is 9.59 Å². The highest BCUT2D eigenvalue weighted by molar-refractivity contribution is 5.94. The van der Waals surface area contributed by atoms with Crippen LogP contribution in [0.1, 0.15) is 24.5 Å². The van der Waals surface area contributed by atoms with Crippen molar-refractivity contribution in [1.82, 2.24) is 0 Å². The topological polar surface area (TPSA) is 67.4 Å². The maximum Gasteiger partial charge on any atom is 0.224 e. The van der Waals surface area contributed by atoms with Gasteiger partial charge in [-0.2, -0.15) is 0 Å². The lowest BCUT2D eigenvalue weighted by molar-refractivity contribution is -0.116. The molecule has 2 aromatic carbocycles. The maximum absolute atomic E-state index is 12.1. The van der Waals surface area contributed by atoms with E-state index < -0.39 is 0 Å². The van der Waals surface area contributed by atoms with Crippen molar-refractivity contribution in [2.24, 2.45) is 0 Å². The molecule has 0 unspecified atom stereocenters. The third kappa shape index (κ3) is 5.12. The molecule has 0 aliphatic rings. The summed E-state index contributed by atoms with van der Waals surface area (Å²) >= 11 is 0. The fraction of sp³-hybridized carbons (Fsp3) is 0.263. The van der Waals surface area contributed by atoms with E-state index in [-0.39, 0.29) is 11.8 Å². The fourth-order valence-corrected chi connectivity index (χ4v) is 2.42. The molecular weight excluding hydrogens is 304 g/mol. The minimum absolute atomic E-state index is 0.0737. The van der Waals surface area contributed by atoms with Gasteiger partial charge in [0.15, 0.2) is 0 Å². The molecule has 5 nitrogen and oxygen atoms in total. The van der Waals surface area contributed by atoms with Crippen LogP contribution >= 0.6 is 0 Å². The number of hydrogen-bond acceptors (Lipinski definition) is 3. The smallest absolute Gasteiger partial charge is 0.224 e. The molecule has 0 atom stereocenters. The summed E-state index contributed by atoms with van der Waals surface area (Å²) in [5, 5.41) is 5.53. The number of benzene rings is 2. The van der Waals surface area contributed by atoms with Gasteiger partial charge in [0.05, 0.1) is 12.8 Å². The maximum atomic E-state index is 12.1. The highest BCUT2D eigenvalue weighted by Crippen LogP contribution is 2.27. The number of carbonyl (C=O) groups excluding carboxylic acids is 2. The van der Waals surface area contributed by atoms with Crippen LogP contribution < -0.4 is 15.4 Å². The first kappa shape index (κ1) is 17.5. The monoisotopic (exact) mass is 326 g/mol. The second-order valence-electron chi connectivity index (χ2n) is 5.63. The molecule has 0 aromatic heterocycles. The molecule has 2 rings (SSSR count). The van der Waals surface area contributed by atoms with Gasteiger partial charge < -0.3 is 15.4 Å². The van der Waals surface area contributed by atoms with Crippen molar-refractivity contribution >= 4 is 23.2 Å². The number of aryl methyl sites for hydroxylation is 2. The predicted octanol–water partition coefficient (Wildman–Crippen LogP) is 3.53. The van der Waals surface area contributed by atoms with E-state index >= 15 is 0 Å². The summed E-state index contributed by atoms with van der Waals surface area (Å²) in [5.74, 6) is 0.273. The summed E-state index contributed by atoms with van der Waals surface area (Å²) in [7, 11) is 1.53. The third-order valence-electron chi connectivity index (χ3n) is 3.52. The van der Waals surface area contributed by atoms with Crippen molar-refractivity contribution in [2.45, 2.75) is 26.7 Å². The van der Waals surface area contributed by atoms with Gasteiger partial charge in [-0.15, -0.1) is 0 Å². The molecule has 0 bridgehead atoms. The summed E-state index contributed by atoms with van der Waals surface area (Å²) in [6.07, 6.45) is 1.08. The molecule has 0 saturated carbocycles. The highest BCUT2D eigenvalue weighted by Gasteiger charge is 2.08. The van der Waals surface area contributed by atoms with Crippen LogP contribution in [0, 0.1) is 6.92 Å². The molecule has 24 heavy (non-hydrogen) atoms. The number of carbonyl (C=O) groups is 2. The fourth-order valence-electron chi connectivity index (χ4n) is 2.42. The van der Waals surface area contributed by atoms with E-state index in [0.29, 0.717) is 30.0 Å². The number of anilines is 2. The molecule has 2 amide bonds. The molecule has 0 saturated heterocycles. The Morgan fingerprint density at radius 1 is 1.08 bits per heavy atom. The lowest BCUT2D eigenvalue weighted by Gasteiger charge is -2.12. The number of nitrogens with one attached hydrogen (secondary N) is 2. The van der Waals surface area contributed by atoms with Gasteiger partial charge in [-0.25, -0.2) is 0 Å². The Bertz CT molecular complexity index is 741. The van der Waals surface area contributed by atoms with Gasteiger partial charge in [0.25, 0.3) is 0 Å². The zero-order chi connectivity index (χ0) is 17.5. The van der Waals surface area contributed by atoms with Gasteiger partial charge in [0.2, 0.25) is 11.8 Å². The molecule has 0 fully saturated rings. The number of amides is 2. The van der Waals surface area contributed by atoms with Gasteiger partial charge >= 0.3 is 0 Å². The lowest BCUT2D eigenvalue weighted by Crippen LogP contribution is -2.13. The number of rotatable bonds is 6. The van der Waals surface area contributed by atoms with Crippen LogP contribution in [0.25, 0.3) is 0 Å². The summed E-state index contributed by atoms with van der Waals surface area (Å²) in [6.45, 7) is 3.46. The molecular formula is C19H22N2O3. The Balaban J connectivity index is 1.99. The minimum atomic E-state index is -0.198. The summed E-state index contributed by atoms with van der Waals surface area (Å²) in [6, 6.07) is 13.3. The van der Waals surface area contributed by atoms with Crippen LogP contribution in [0.5, 0.6) is 5.75 Å². The molecule has 126 valence electrons. The van der Waals surface area contributed by atoms with Gasteiger partial charge in [0.1, 0.15) is 5.75 Å². The normalized spacial score (nSPS) is 10.1. The first-order valence-corrected chi connectivity index (χ1v) is 7.79. The number of ether oxygens (including phenoxy) is 1. The molecule has 0 radical (unpaired) electrons. The van der Waals surface area contributed by atoms with Crippen molar-refractivity contribution < 1.29 is 14.3 Å². The third-order valence-corrected chi connectivity index (χ3v) is 3.52. The molecule has 2 N–H and O–H groups in total. The largest absolute Gasteiger partial charge is 0.495 e. The molecule has 0 aliphatic carbocycles. The molecule has 2 aromatic rings. The average Bonchev–Trinajstić information content (AvgIpc) is 2.53. The van der Waals surface area contributed by atoms with E-state index in [0.717, 1.165) is 5.56 Å². The molecule has 0 heterocycles. The minimum Gasteiger partial charge on any atom is -0.495 e. The summed E-state index contributed by atoms with van der Waals surface area (Å²) in [4.78, 5) is 23.4. The second-order valence-corrected chi connectivity index (χ2v) is 5.63.